The van der Waals surface area contributed by atoms with Crippen molar-refractivity contribution in [3.05, 3.63) is 11.1 Å². The Hall–Kier alpha value is -0.340. The SMILES string of the molecule is CC(CN1CCCC1C)=C1CNC1. The van der Waals surface area contributed by atoms with Crippen molar-refractivity contribution < 1.29 is 0 Å². The average molecular weight is 180 g/mol. The maximum absolute atomic E-state index is 3.30. The van der Waals surface area contributed by atoms with Gasteiger partial charge < -0.3 is 5.32 Å². The first-order valence-corrected chi connectivity index (χ1v) is 5.39. The van der Waals surface area contributed by atoms with Crippen LogP contribution in [0.1, 0.15) is 26.7 Å². The van der Waals surface area contributed by atoms with Crippen LogP contribution in [0, 0.1) is 0 Å². The van der Waals surface area contributed by atoms with Crippen molar-refractivity contribution in [3.8, 4) is 0 Å². The normalized spacial score (nSPS) is 29.1. The van der Waals surface area contributed by atoms with E-state index in [0.717, 1.165) is 19.1 Å². The van der Waals surface area contributed by atoms with Gasteiger partial charge in [0.25, 0.3) is 0 Å². The van der Waals surface area contributed by atoms with Gasteiger partial charge in [0.15, 0.2) is 0 Å². The third-order valence-corrected chi connectivity index (χ3v) is 3.41. The molecule has 0 spiro atoms. The molecule has 0 radical (unpaired) electrons. The Morgan fingerprint density at radius 2 is 2.31 bits per heavy atom. The molecule has 2 saturated heterocycles. The quantitative estimate of drug-likeness (QED) is 0.646. The van der Waals surface area contributed by atoms with E-state index in [9.17, 15) is 0 Å². The summed E-state index contributed by atoms with van der Waals surface area (Å²) < 4.78 is 0. The molecule has 2 rings (SSSR count). The molecule has 0 aromatic rings. The summed E-state index contributed by atoms with van der Waals surface area (Å²) in [6, 6.07) is 0.809. The van der Waals surface area contributed by atoms with Gasteiger partial charge in [-0.2, -0.15) is 0 Å². The van der Waals surface area contributed by atoms with Crippen LogP contribution in [0.25, 0.3) is 0 Å². The standard InChI is InChI=1S/C11H20N2/c1-9(11-6-12-7-11)8-13-5-3-4-10(13)2/h10,12H,3-8H2,1-2H3. The molecular weight excluding hydrogens is 160 g/mol. The smallest absolute Gasteiger partial charge is 0.0196 e. The van der Waals surface area contributed by atoms with Gasteiger partial charge in [-0.05, 0) is 38.8 Å². The lowest BCUT2D eigenvalue weighted by atomic mass is 10.0. The van der Waals surface area contributed by atoms with Crippen molar-refractivity contribution >= 4 is 0 Å². The fourth-order valence-corrected chi connectivity index (χ4v) is 2.20. The molecular formula is C11H20N2. The summed E-state index contributed by atoms with van der Waals surface area (Å²) in [6.45, 7) is 9.42. The first-order valence-electron chi connectivity index (χ1n) is 5.39. The van der Waals surface area contributed by atoms with Crippen LogP contribution in [0.4, 0.5) is 0 Å². The van der Waals surface area contributed by atoms with E-state index < -0.39 is 0 Å². The molecule has 0 aromatic carbocycles. The van der Waals surface area contributed by atoms with Crippen LogP contribution in [0.2, 0.25) is 0 Å². The van der Waals surface area contributed by atoms with E-state index in [-0.39, 0.29) is 0 Å². The largest absolute Gasteiger partial charge is 0.309 e. The van der Waals surface area contributed by atoms with Gasteiger partial charge in [-0.15, -0.1) is 0 Å². The van der Waals surface area contributed by atoms with Crippen molar-refractivity contribution in [2.75, 3.05) is 26.2 Å². The molecule has 1 unspecified atom stereocenters. The third kappa shape index (κ3) is 1.94. The molecule has 2 nitrogen and oxygen atoms in total. The molecule has 0 saturated carbocycles. The number of likely N-dealkylation sites (tertiary alicyclic amines) is 1. The lowest BCUT2D eigenvalue weighted by Gasteiger charge is -2.27. The Morgan fingerprint density at radius 3 is 2.77 bits per heavy atom. The van der Waals surface area contributed by atoms with Gasteiger partial charge in [0.2, 0.25) is 0 Å². The summed E-state index contributed by atoms with van der Waals surface area (Å²) in [5.41, 5.74) is 3.24. The van der Waals surface area contributed by atoms with Crippen LogP contribution in [-0.2, 0) is 0 Å². The number of hydrogen-bond donors (Lipinski definition) is 1. The van der Waals surface area contributed by atoms with Crippen molar-refractivity contribution in [1.82, 2.24) is 10.2 Å². The molecule has 0 aromatic heterocycles. The Kier molecular flexibility index (Phi) is 2.70. The van der Waals surface area contributed by atoms with Crippen LogP contribution >= 0.6 is 0 Å². The molecule has 0 bridgehead atoms. The van der Waals surface area contributed by atoms with Crippen LogP contribution < -0.4 is 5.32 Å². The second-order valence-corrected chi connectivity index (χ2v) is 4.45. The Bertz CT molecular complexity index is 214. The zero-order valence-electron chi connectivity index (χ0n) is 8.77. The van der Waals surface area contributed by atoms with E-state index in [2.05, 4.69) is 24.1 Å². The highest BCUT2D eigenvalue weighted by atomic mass is 15.2. The van der Waals surface area contributed by atoms with Gasteiger partial charge in [-0.3, -0.25) is 4.90 Å². The number of hydrogen-bond acceptors (Lipinski definition) is 2. The van der Waals surface area contributed by atoms with E-state index in [1.54, 1.807) is 11.1 Å². The first kappa shape index (κ1) is 9.22. The zero-order chi connectivity index (χ0) is 9.26. The summed E-state index contributed by atoms with van der Waals surface area (Å²) in [5.74, 6) is 0. The van der Waals surface area contributed by atoms with Gasteiger partial charge in [-0.25, -0.2) is 0 Å². The summed E-state index contributed by atoms with van der Waals surface area (Å²) in [7, 11) is 0. The number of nitrogens with zero attached hydrogens (tertiary/aromatic N) is 1. The minimum absolute atomic E-state index is 0.809. The predicted octanol–water partition coefficient (Wildman–Crippen LogP) is 1.39. The molecule has 2 aliphatic heterocycles. The molecule has 1 N–H and O–H groups in total. The van der Waals surface area contributed by atoms with Crippen molar-refractivity contribution in [2.45, 2.75) is 32.7 Å². The minimum Gasteiger partial charge on any atom is -0.309 e. The van der Waals surface area contributed by atoms with Crippen molar-refractivity contribution in [1.29, 1.82) is 0 Å². The van der Waals surface area contributed by atoms with Crippen molar-refractivity contribution in [3.63, 3.8) is 0 Å². The molecule has 2 heterocycles. The van der Waals surface area contributed by atoms with Crippen LogP contribution in [0.3, 0.4) is 0 Å². The molecule has 0 aliphatic carbocycles. The van der Waals surface area contributed by atoms with Crippen molar-refractivity contribution in [2.24, 2.45) is 0 Å². The third-order valence-electron chi connectivity index (χ3n) is 3.41. The fourth-order valence-electron chi connectivity index (χ4n) is 2.20. The van der Waals surface area contributed by atoms with E-state index in [0.29, 0.717) is 0 Å². The highest BCUT2D eigenvalue weighted by Gasteiger charge is 2.21. The highest BCUT2D eigenvalue weighted by molar-refractivity contribution is 5.22. The van der Waals surface area contributed by atoms with E-state index in [4.69, 9.17) is 0 Å². The van der Waals surface area contributed by atoms with E-state index >= 15 is 0 Å². The van der Waals surface area contributed by atoms with Crippen LogP contribution in [0.5, 0.6) is 0 Å². The molecule has 2 aliphatic rings. The second-order valence-electron chi connectivity index (χ2n) is 4.45. The molecule has 2 heteroatoms. The monoisotopic (exact) mass is 180 g/mol. The Labute approximate surface area is 81.0 Å². The highest BCUT2D eigenvalue weighted by Crippen LogP contribution is 2.19. The lowest BCUT2D eigenvalue weighted by Crippen LogP contribution is -2.37. The molecule has 13 heavy (non-hydrogen) atoms. The summed E-state index contributed by atoms with van der Waals surface area (Å²) in [4.78, 5) is 2.61. The lowest BCUT2D eigenvalue weighted by molar-refractivity contribution is 0.290. The maximum Gasteiger partial charge on any atom is 0.0196 e. The fraction of sp³-hybridized carbons (Fsp3) is 0.818. The minimum atomic E-state index is 0.809. The maximum atomic E-state index is 3.30. The van der Waals surface area contributed by atoms with Crippen LogP contribution in [0.15, 0.2) is 11.1 Å². The molecule has 0 amide bonds. The molecule has 74 valence electrons. The Morgan fingerprint density at radius 1 is 1.54 bits per heavy atom. The Balaban J connectivity index is 1.89. The van der Waals surface area contributed by atoms with Gasteiger partial charge in [-0.1, -0.05) is 5.57 Å². The van der Waals surface area contributed by atoms with E-state index in [1.165, 1.54) is 25.9 Å². The number of rotatable bonds is 2. The predicted molar refractivity (Wildman–Crippen MR) is 55.8 cm³/mol. The molecule has 2 fully saturated rings. The summed E-state index contributed by atoms with van der Waals surface area (Å²) >= 11 is 0. The van der Waals surface area contributed by atoms with Gasteiger partial charge >= 0.3 is 0 Å². The van der Waals surface area contributed by atoms with Gasteiger partial charge in [0, 0.05) is 25.7 Å². The topological polar surface area (TPSA) is 15.3 Å². The van der Waals surface area contributed by atoms with Gasteiger partial charge in [0.1, 0.15) is 0 Å². The first-order chi connectivity index (χ1) is 6.27. The van der Waals surface area contributed by atoms with Gasteiger partial charge in [0.05, 0.1) is 0 Å². The zero-order valence-corrected chi connectivity index (χ0v) is 8.77. The average Bonchev–Trinajstić information content (AvgIpc) is 2.32. The second kappa shape index (κ2) is 3.81. The molecule has 1 atom stereocenters. The van der Waals surface area contributed by atoms with E-state index in [1.807, 2.05) is 0 Å². The summed E-state index contributed by atoms with van der Waals surface area (Å²) in [5, 5.41) is 3.30. The van der Waals surface area contributed by atoms with Crippen LogP contribution in [-0.4, -0.2) is 37.1 Å². The summed E-state index contributed by atoms with van der Waals surface area (Å²) in [6.07, 6.45) is 2.78. The number of nitrogens with one attached hydrogen (secondary N) is 1.